The molecule has 18 heavy (non-hydrogen) atoms. The minimum Gasteiger partial charge on any atom is -0.0836 e. The second-order valence-corrected chi connectivity index (χ2v) is 5.88. The van der Waals surface area contributed by atoms with Crippen molar-refractivity contribution in [3.8, 4) is 11.1 Å². The van der Waals surface area contributed by atoms with E-state index in [1.165, 1.54) is 6.07 Å². The third kappa shape index (κ3) is 2.70. The standard InChI is InChI=1S/C12H4Cl6/c13-6-1-2-7(14)12(18)11(6)5-3-9(16)10(17)4-8(5)15/h1-4H. The Labute approximate surface area is 134 Å². The summed E-state index contributed by atoms with van der Waals surface area (Å²) in [5.41, 5.74) is 1.12. The molecule has 0 saturated carbocycles. The summed E-state index contributed by atoms with van der Waals surface area (Å²) in [6, 6.07) is 6.40. The van der Waals surface area contributed by atoms with Gasteiger partial charge in [-0.05, 0) is 24.3 Å². The van der Waals surface area contributed by atoms with Crippen LogP contribution in [0.4, 0.5) is 0 Å². The first-order valence-corrected chi connectivity index (χ1v) is 6.97. The fourth-order valence-corrected chi connectivity index (χ4v) is 2.86. The molecule has 0 saturated heterocycles. The zero-order chi connectivity index (χ0) is 13.4. The van der Waals surface area contributed by atoms with Crippen LogP contribution in [0.25, 0.3) is 11.1 Å². The third-order valence-electron chi connectivity index (χ3n) is 2.32. The van der Waals surface area contributed by atoms with Crippen molar-refractivity contribution in [2.75, 3.05) is 0 Å². The van der Waals surface area contributed by atoms with Crippen LogP contribution in [0.1, 0.15) is 0 Å². The molecule has 0 aliphatic rings. The molecule has 0 unspecified atom stereocenters. The molecular weight excluding hydrogens is 357 g/mol. The van der Waals surface area contributed by atoms with Crippen LogP contribution in [-0.2, 0) is 0 Å². The van der Waals surface area contributed by atoms with Crippen molar-refractivity contribution < 1.29 is 0 Å². The number of rotatable bonds is 1. The van der Waals surface area contributed by atoms with Crippen LogP contribution in [0.3, 0.4) is 0 Å². The number of hydrogen-bond acceptors (Lipinski definition) is 0. The molecule has 94 valence electrons. The van der Waals surface area contributed by atoms with Crippen molar-refractivity contribution in [2.45, 2.75) is 0 Å². The molecule has 6 heteroatoms. The SMILES string of the molecule is Clc1cc(Cl)c(-c2c(Cl)ccc(Cl)c2Cl)cc1Cl. The van der Waals surface area contributed by atoms with Gasteiger partial charge in [-0.3, -0.25) is 0 Å². The van der Waals surface area contributed by atoms with Crippen molar-refractivity contribution >= 4 is 69.6 Å². The quantitative estimate of drug-likeness (QED) is 0.469. The molecule has 0 heterocycles. The zero-order valence-corrected chi connectivity index (χ0v) is 13.1. The molecule has 0 nitrogen and oxygen atoms in total. The maximum atomic E-state index is 6.15. The van der Waals surface area contributed by atoms with Gasteiger partial charge >= 0.3 is 0 Å². The molecule has 0 atom stereocenters. The van der Waals surface area contributed by atoms with Crippen molar-refractivity contribution in [1.29, 1.82) is 0 Å². The zero-order valence-electron chi connectivity index (χ0n) is 8.58. The third-order valence-corrected chi connectivity index (χ3v) is 4.48. The van der Waals surface area contributed by atoms with Gasteiger partial charge in [-0.15, -0.1) is 0 Å². The predicted octanol–water partition coefficient (Wildman–Crippen LogP) is 7.27. The Morgan fingerprint density at radius 3 is 1.78 bits per heavy atom. The summed E-state index contributed by atoms with van der Waals surface area (Å²) in [4.78, 5) is 0. The highest BCUT2D eigenvalue weighted by molar-refractivity contribution is 6.48. The summed E-state index contributed by atoms with van der Waals surface area (Å²) >= 11 is 36.2. The maximum Gasteiger partial charge on any atom is 0.0686 e. The van der Waals surface area contributed by atoms with Crippen molar-refractivity contribution in [3.63, 3.8) is 0 Å². The van der Waals surface area contributed by atoms with E-state index in [0.29, 0.717) is 41.3 Å². The predicted molar refractivity (Wildman–Crippen MR) is 81.9 cm³/mol. The van der Waals surface area contributed by atoms with Crippen LogP contribution in [0.15, 0.2) is 24.3 Å². The van der Waals surface area contributed by atoms with E-state index in [2.05, 4.69) is 0 Å². The first-order chi connectivity index (χ1) is 8.41. The van der Waals surface area contributed by atoms with Crippen LogP contribution in [0.2, 0.25) is 30.1 Å². The van der Waals surface area contributed by atoms with E-state index in [-0.39, 0.29) is 0 Å². The lowest BCUT2D eigenvalue weighted by molar-refractivity contribution is 1.61. The van der Waals surface area contributed by atoms with Gasteiger partial charge in [0.2, 0.25) is 0 Å². The Morgan fingerprint density at radius 2 is 1.11 bits per heavy atom. The average molecular weight is 361 g/mol. The topological polar surface area (TPSA) is 0 Å². The highest BCUT2D eigenvalue weighted by Gasteiger charge is 2.16. The summed E-state index contributed by atoms with van der Waals surface area (Å²) in [5.74, 6) is 0. The fraction of sp³-hybridized carbons (Fsp3) is 0. The van der Waals surface area contributed by atoms with E-state index in [1.54, 1.807) is 18.2 Å². The minimum absolute atomic E-state index is 0.324. The van der Waals surface area contributed by atoms with Gasteiger partial charge in [0.05, 0.1) is 30.1 Å². The molecular formula is C12H4Cl6. The Bertz CT molecular complexity index is 620. The molecule has 0 aliphatic carbocycles. The van der Waals surface area contributed by atoms with E-state index in [1.807, 2.05) is 0 Å². The van der Waals surface area contributed by atoms with Crippen molar-refractivity contribution in [1.82, 2.24) is 0 Å². The maximum absolute atomic E-state index is 6.15. The Hall–Kier alpha value is 0.180. The smallest absolute Gasteiger partial charge is 0.0686 e. The molecule has 0 aromatic heterocycles. The second-order valence-electron chi connectivity index (χ2n) is 3.46. The number of benzene rings is 2. The van der Waals surface area contributed by atoms with Crippen LogP contribution in [0, 0.1) is 0 Å². The minimum atomic E-state index is 0.324. The molecule has 0 radical (unpaired) electrons. The summed E-state index contributed by atoms with van der Waals surface area (Å²) in [6.45, 7) is 0. The molecule has 2 aromatic carbocycles. The molecule has 0 aliphatic heterocycles. The molecule has 0 spiro atoms. The van der Waals surface area contributed by atoms with Crippen LogP contribution in [-0.4, -0.2) is 0 Å². The van der Waals surface area contributed by atoms with Crippen LogP contribution in [0.5, 0.6) is 0 Å². The van der Waals surface area contributed by atoms with E-state index in [9.17, 15) is 0 Å². The van der Waals surface area contributed by atoms with Gasteiger partial charge in [0, 0.05) is 11.1 Å². The Balaban J connectivity index is 2.77. The van der Waals surface area contributed by atoms with Gasteiger partial charge in [-0.25, -0.2) is 0 Å². The molecule has 2 rings (SSSR count). The highest BCUT2D eigenvalue weighted by Crippen LogP contribution is 2.44. The first kappa shape index (κ1) is 14.6. The van der Waals surface area contributed by atoms with Crippen LogP contribution >= 0.6 is 69.6 Å². The fourth-order valence-electron chi connectivity index (χ4n) is 1.49. The van der Waals surface area contributed by atoms with Gasteiger partial charge in [-0.1, -0.05) is 69.6 Å². The van der Waals surface area contributed by atoms with Crippen LogP contribution < -0.4 is 0 Å². The lowest BCUT2D eigenvalue weighted by atomic mass is 10.1. The van der Waals surface area contributed by atoms with Gasteiger partial charge < -0.3 is 0 Å². The van der Waals surface area contributed by atoms with Gasteiger partial charge in [-0.2, -0.15) is 0 Å². The lowest BCUT2D eigenvalue weighted by Gasteiger charge is -2.11. The number of hydrogen-bond donors (Lipinski definition) is 0. The van der Waals surface area contributed by atoms with E-state index in [4.69, 9.17) is 69.6 Å². The second kappa shape index (κ2) is 5.66. The van der Waals surface area contributed by atoms with Crippen molar-refractivity contribution in [3.05, 3.63) is 54.4 Å². The van der Waals surface area contributed by atoms with E-state index >= 15 is 0 Å². The van der Waals surface area contributed by atoms with Gasteiger partial charge in [0.25, 0.3) is 0 Å². The summed E-state index contributed by atoms with van der Waals surface area (Å²) in [6.07, 6.45) is 0. The Morgan fingerprint density at radius 1 is 0.556 bits per heavy atom. The number of halogens is 6. The molecule has 2 aromatic rings. The van der Waals surface area contributed by atoms with Gasteiger partial charge in [0.15, 0.2) is 0 Å². The normalized spacial score (nSPS) is 10.8. The molecule has 0 N–H and O–H groups in total. The average Bonchev–Trinajstić information content (AvgIpc) is 2.31. The molecule has 0 bridgehead atoms. The van der Waals surface area contributed by atoms with Crippen molar-refractivity contribution in [2.24, 2.45) is 0 Å². The molecule has 0 fully saturated rings. The monoisotopic (exact) mass is 358 g/mol. The van der Waals surface area contributed by atoms with Gasteiger partial charge in [0.1, 0.15) is 0 Å². The summed E-state index contributed by atoms with van der Waals surface area (Å²) in [7, 11) is 0. The Kier molecular flexibility index (Phi) is 4.59. The largest absolute Gasteiger partial charge is 0.0836 e. The van der Waals surface area contributed by atoms with E-state index in [0.717, 1.165) is 0 Å². The summed E-state index contributed by atoms with van der Waals surface area (Å²) in [5, 5.41) is 2.27. The highest BCUT2D eigenvalue weighted by atomic mass is 35.5. The van der Waals surface area contributed by atoms with E-state index < -0.39 is 0 Å². The lowest BCUT2D eigenvalue weighted by Crippen LogP contribution is -1.85. The summed E-state index contributed by atoms with van der Waals surface area (Å²) < 4.78 is 0. The first-order valence-electron chi connectivity index (χ1n) is 4.70. The molecule has 0 amide bonds.